The molecule has 23 heavy (non-hydrogen) atoms. The Morgan fingerprint density at radius 1 is 1.04 bits per heavy atom. The molecule has 138 valence electrons. The molecule has 0 aromatic carbocycles. The Bertz CT molecular complexity index is 308. The molecule has 0 rings (SSSR count). The normalized spacial score (nSPS) is 11.1. The molecule has 0 aliphatic heterocycles. The second-order valence-corrected chi connectivity index (χ2v) is 5.53. The average molecular weight is 441 g/mol. The second kappa shape index (κ2) is 17.8. The first-order valence-corrected chi connectivity index (χ1v) is 8.77. The van der Waals surface area contributed by atoms with E-state index in [1.54, 1.807) is 0 Å². The summed E-state index contributed by atoms with van der Waals surface area (Å²) in [5.74, 6) is 1.52. The van der Waals surface area contributed by atoms with Crippen LogP contribution in [-0.2, 0) is 9.53 Å². The van der Waals surface area contributed by atoms with Gasteiger partial charge in [-0.05, 0) is 25.7 Å². The number of guanidine groups is 1. The van der Waals surface area contributed by atoms with Gasteiger partial charge in [0.05, 0.1) is 6.61 Å². The Hall–Kier alpha value is -0.530. The van der Waals surface area contributed by atoms with Gasteiger partial charge in [0.1, 0.15) is 0 Å². The van der Waals surface area contributed by atoms with E-state index in [0.717, 1.165) is 44.7 Å². The molecule has 0 saturated carbocycles. The van der Waals surface area contributed by atoms with Gasteiger partial charge in [-0.2, -0.15) is 0 Å². The van der Waals surface area contributed by atoms with Gasteiger partial charge >= 0.3 is 5.97 Å². The molecule has 0 bridgehead atoms. The Morgan fingerprint density at radius 2 is 1.70 bits per heavy atom. The molecular weight excluding hydrogens is 405 g/mol. The van der Waals surface area contributed by atoms with Crippen molar-refractivity contribution in [1.82, 2.24) is 10.6 Å². The highest BCUT2D eigenvalue weighted by molar-refractivity contribution is 14.0. The highest BCUT2D eigenvalue weighted by atomic mass is 127. The first-order chi connectivity index (χ1) is 10.7. The number of halogens is 1. The van der Waals surface area contributed by atoms with E-state index in [4.69, 9.17) is 4.74 Å². The van der Waals surface area contributed by atoms with Crippen LogP contribution >= 0.6 is 24.0 Å². The number of hydrogen-bond donors (Lipinski definition) is 2. The number of unbranched alkanes of at least 4 members (excludes halogenated alkanes) is 3. The number of carbonyl (C=O) groups is 1. The van der Waals surface area contributed by atoms with Gasteiger partial charge in [-0.15, -0.1) is 24.0 Å². The van der Waals surface area contributed by atoms with Crippen molar-refractivity contribution in [2.45, 2.75) is 65.7 Å². The number of ether oxygens (including phenoxy) is 1. The maximum absolute atomic E-state index is 11.2. The minimum Gasteiger partial charge on any atom is -0.466 e. The fraction of sp³-hybridized carbons (Fsp3) is 0.882. The van der Waals surface area contributed by atoms with E-state index in [9.17, 15) is 4.79 Å². The van der Waals surface area contributed by atoms with Crippen molar-refractivity contribution < 1.29 is 9.53 Å². The molecule has 6 heteroatoms. The number of aliphatic imine (C=N–C) groups is 1. The van der Waals surface area contributed by atoms with E-state index in [0.29, 0.717) is 18.9 Å². The van der Waals surface area contributed by atoms with Crippen LogP contribution in [0.4, 0.5) is 0 Å². The number of carbonyl (C=O) groups excluding carboxylic acids is 1. The van der Waals surface area contributed by atoms with E-state index in [-0.39, 0.29) is 29.9 Å². The van der Waals surface area contributed by atoms with Crippen molar-refractivity contribution in [3.63, 3.8) is 0 Å². The molecule has 0 spiro atoms. The van der Waals surface area contributed by atoms with Crippen LogP contribution < -0.4 is 10.6 Å². The lowest BCUT2D eigenvalue weighted by Gasteiger charge is -2.16. The number of esters is 1. The Labute approximate surface area is 159 Å². The summed E-state index contributed by atoms with van der Waals surface area (Å²) in [7, 11) is 1.81. The fourth-order valence-corrected chi connectivity index (χ4v) is 2.23. The van der Waals surface area contributed by atoms with Gasteiger partial charge in [-0.1, -0.05) is 39.5 Å². The Morgan fingerprint density at radius 3 is 2.26 bits per heavy atom. The number of rotatable bonds is 12. The standard InChI is InChI=1S/C17H35N3O2.HI/c1-5-15(6-2)14-20-17(18-4)19-13-11-9-8-10-12-16(21)22-7-3;/h15H,5-14H2,1-4H3,(H2,18,19,20);1H. The minimum atomic E-state index is -0.0772. The number of nitrogens with one attached hydrogen (secondary N) is 2. The Kier molecular flexibility index (Phi) is 19.1. The summed E-state index contributed by atoms with van der Waals surface area (Å²) in [6, 6.07) is 0. The lowest BCUT2D eigenvalue weighted by molar-refractivity contribution is -0.143. The summed E-state index contributed by atoms with van der Waals surface area (Å²) >= 11 is 0. The van der Waals surface area contributed by atoms with Gasteiger partial charge in [0.15, 0.2) is 5.96 Å². The molecule has 0 saturated heterocycles. The molecule has 0 unspecified atom stereocenters. The monoisotopic (exact) mass is 441 g/mol. The van der Waals surface area contributed by atoms with Crippen LogP contribution in [0.1, 0.15) is 65.7 Å². The molecule has 0 aliphatic carbocycles. The maximum Gasteiger partial charge on any atom is 0.305 e. The summed E-state index contributed by atoms with van der Waals surface area (Å²) in [6.45, 7) is 8.67. The second-order valence-electron chi connectivity index (χ2n) is 5.53. The number of nitrogens with zero attached hydrogens (tertiary/aromatic N) is 1. The van der Waals surface area contributed by atoms with Crippen molar-refractivity contribution >= 4 is 35.9 Å². The maximum atomic E-state index is 11.2. The highest BCUT2D eigenvalue weighted by Crippen LogP contribution is 2.05. The van der Waals surface area contributed by atoms with E-state index >= 15 is 0 Å². The van der Waals surface area contributed by atoms with Crippen molar-refractivity contribution in [2.75, 3.05) is 26.7 Å². The molecule has 0 aliphatic rings. The van der Waals surface area contributed by atoms with Gasteiger partial charge in [0.25, 0.3) is 0 Å². The van der Waals surface area contributed by atoms with E-state index in [1.165, 1.54) is 12.8 Å². The van der Waals surface area contributed by atoms with E-state index < -0.39 is 0 Å². The largest absolute Gasteiger partial charge is 0.466 e. The molecule has 0 heterocycles. The lowest BCUT2D eigenvalue weighted by atomic mass is 10.0. The van der Waals surface area contributed by atoms with Gasteiger partial charge in [-0.25, -0.2) is 0 Å². The molecule has 2 N–H and O–H groups in total. The minimum absolute atomic E-state index is 0. The van der Waals surface area contributed by atoms with Crippen LogP contribution in [-0.4, -0.2) is 38.7 Å². The third-order valence-corrected chi connectivity index (χ3v) is 3.84. The molecular formula is C17H36IN3O2. The van der Waals surface area contributed by atoms with Crippen LogP contribution in [0.25, 0.3) is 0 Å². The van der Waals surface area contributed by atoms with Gasteiger partial charge in [-0.3, -0.25) is 9.79 Å². The molecule has 0 radical (unpaired) electrons. The summed E-state index contributed by atoms with van der Waals surface area (Å²) in [5.41, 5.74) is 0. The van der Waals surface area contributed by atoms with Crippen molar-refractivity contribution in [3.05, 3.63) is 0 Å². The van der Waals surface area contributed by atoms with Crippen LogP contribution in [0.5, 0.6) is 0 Å². The SMILES string of the molecule is CCOC(=O)CCCCCCNC(=NC)NCC(CC)CC.I. The van der Waals surface area contributed by atoms with E-state index in [2.05, 4.69) is 29.5 Å². The summed E-state index contributed by atoms with van der Waals surface area (Å²) < 4.78 is 4.90. The predicted molar refractivity (Wildman–Crippen MR) is 109 cm³/mol. The molecule has 0 atom stereocenters. The van der Waals surface area contributed by atoms with Crippen molar-refractivity contribution in [3.8, 4) is 0 Å². The zero-order chi connectivity index (χ0) is 16.6. The smallest absolute Gasteiger partial charge is 0.305 e. The van der Waals surface area contributed by atoms with Crippen LogP contribution in [0.15, 0.2) is 4.99 Å². The zero-order valence-electron chi connectivity index (χ0n) is 15.3. The molecule has 5 nitrogen and oxygen atoms in total. The summed E-state index contributed by atoms with van der Waals surface area (Å²) in [6.07, 6.45) is 7.13. The Balaban J connectivity index is 0. The lowest BCUT2D eigenvalue weighted by Crippen LogP contribution is -2.40. The molecule has 0 fully saturated rings. The van der Waals surface area contributed by atoms with Gasteiger partial charge < -0.3 is 15.4 Å². The quantitative estimate of drug-likeness (QED) is 0.159. The fourth-order valence-electron chi connectivity index (χ4n) is 2.23. The van der Waals surface area contributed by atoms with Crippen LogP contribution in [0, 0.1) is 5.92 Å². The topological polar surface area (TPSA) is 62.7 Å². The summed E-state index contributed by atoms with van der Waals surface area (Å²) in [5, 5.41) is 6.72. The molecule has 0 aromatic rings. The van der Waals surface area contributed by atoms with Crippen molar-refractivity contribution in [2.24, 2.45) is 10.9 Å². The first-order valence-electron chi connectivity index (χ1n) is 8.77. The van der Waals surface area contributed by atoms with Crippen molar-refractivity contribution in [1.29, 1.82) is 0 Å². The molecule has 0 amide bonds. The molecule has 0 aromatic heterocycles. The zero-order valence-corrected chi connectivity index (χ0v) is 17.7. The predicted octanol–water partition coefficient (Wildman–Crippen LogP) is 3.72. The summed E-state index contributed by atoms with van der Waals surface area (Å²) in [4.78, 5) is 15.4. The average Bonchev–Trinajstić information content (AvgIpc) is 2.53. The highest BCUT2D eigenvalue weighted by Gasteiger charge is 2.04. The first kappa shape index (κ1) is 24.7. The van der Waals surface area contributed by atoms with Gasteiger partial charge in [0, 0.05) is 26.6 Å². The third-order valence-electron chi connectivity index (χ3n) is 3.84. The van der Waals surface area contributed by atoms with Crippen LogP contribution in [0.3, 0.4) is 0 Å². The number of hydrogen-bond acceptors (Lipinski definition) is 3. The third kappa shape index (κ3) is 14.8. The van der Waals surface area contributed by atoms with Gasteiger partial charge in [0.2, 0.25) is 0 Å². The van der Waals surface area contributed by atoms with Crippen LogP contribution in [0.2, 0.25) is 0 Å². The van der Waals surface area contributed by atoms with E-state index in [1.807, 2.05) is 14.0 Å².